The van der Waals surface area contributed by atoms with E-state index in [4.69, 9.17) is 4.98 Å². The van der Waals surface area contributed by atoms with Crippen LogP contribution in [0.25, 0.3) is 32.2 Å². The molecule has 0 bridgehead atoms. The first-order chi connectivity index (χ1) is 14.1. The number of benzene rings is 1. The second-order valence-electron chi connectivity index (χ2n) is 6.11. The number of aromatic nitrogens is 2. The topological polar surface area (TPSA) is 77.5 Å². The summed E-state index contributed by atoms with van der Waals surface area (Å²) in [5.74, 6) is 0. The molecule has 0 radical (unpaired) electrons. The Morgan fingerprint density at radius 1 is 1.00 bits per heavy atom. The summed E-state index contributed by atoms with van der Waals surface area (Å²) in [4.78, 5) is 31.4. The second-order valence-corrected chi connectivity index (χ2v) is 9.02. The second kappa shape index (κ2) is 7.03. The number of fused-ring (bicyclic) bond motifs is 1. The van der Waals surface area contributed by atoms with E-state index in [1.54, 1.807) is 51.3 Å². The summed E-state index contributed by atoms with van der Waals surface area (Å²) in [6, 6.07) is 14.2. The molecule has 5 aromatic rings. The molecule has 0 spiro atoms. The molecule has 1 aromatic carbocycles. The van der Waals surface area contributed by atoms with Crippen LogP contribution in [0.2, 0.25) is 0 Å². The fraction of sp³-hybridized carbons (Fsp3) is 0. The van der Waals surface area contributed by atoms with Crippen molar-refractivity contribution in [2.45, 2.75) is 0 Å². The molecule has 0 amide bonds. The number of thiazole rings is 1. The van der Waals surface area contributed by atoms with E-state index in [0.717, 1.165) is 21.1 Å². The zero-order valence-corrected chi connectivity index (χ0v) is 17.1. The predicted octanol–water partition coefficient (Wildman–Crippen LogP) is 4.67. The Balaban J connectivity index is 1.80. The van der Waals surface area contributed by atoms with E-state index in [-0.39, 0.29) is 11.2 Å². The van der Waals surface area contributed by atoms with Crippen LogP contribution < -0.4 is 10.1 Å². The lowest BCUT2D eigenvalue weighted by Gasteiger charge is -1.99. The number of rotatable bonds is 4. The SMILES string of the molecule is O=c1/c(=C/c2ccccc2[N+](=O)[O-])sc2nc(-c3cccs3)c(-c3cccs3)n12. The third-order valence-corrected chi connectivity index (χ3v) is 7.11. The van der Waals surface area contributed by atoms with Gasteiger partial charge in [0, 0.05) is 6.07 Å². The highest BCUT2D eigenvalue weighted by molar-refractivity contribution is 7.16. The molecule has 0 aliphatic heterocycles. The zero-order chi connectivity index (χ0) is 20.0. The van der Waals surface area contributed by atoms with E-state index in [9.17, 15) is 14.9 Å². The Hall–Kier alpha value is -3.14. The summed E-state index contributed by atoms with van der Waals surface area (Å²) in [7, 11) is 0. The molecule has 142 valence electrons. The Labute approximate surface area is 175 Å². The quantitative estimate of drug-likeness (QED) is 0.302. The van der Waals surface area contributed by atoms with Crippen molar-refractivity contribution in [3.63, 3.8) is 0 Å². The van der Waals surface area contributed by atoms with Gasteiger partial charge < -0.3 is 0 Å². The van der Waals surface area contributed by atoms with E-state index < -0.39 is 4.92 Å². The molecule has 0 atom stereocenters. The summed E-state index contributed by atoms with van der Waals surface area (Å²) >= 11 is 4.36. The lowest BCUT2D eigenvalue weighted by atomic mass is 10.2. The molecule has 9 heteroatoms. The lowest BCUT2D eigenvalue weighted by Crippen LogP contribution is -2.23. The Bertz CT molecular complexity index is 1450. The first-order valence-corrected chi connectivity index (χ1v) is 11.1. The highest BCUT2D eigenvalue weighted by Gasteiger charge is 2.21. The summed E-state index contributed by atoms with van der Waals surface area (Å²) in [6.45, 7) is 0. The van der Waals surface area contributed by atoms with Crippen LogP contribution in [0.3, 0.4) is 0 Å². The molecule has 4 heterocycles. The molecule has 0 saturated heterocycles. The first kappa shape index (κ1) is 17.9. The molecule has 5 rings (SSSR count). The number of hydrogen-bond acceptors (Lipinski definition) is 7. The Morgan fingerprint density at radius 2 is 1.72 bits per heavy atom. The largest absolute Gasteiger partial charge is 0.276 e. The average molecular weight is 438 g/mol. The molecule has 0 fully saturated rings. The lowest BCUT2D eigenvalue weighted by molar-refractivity contribution is -0.385. The first-order valence-electron chi connectivity index (χ1n) is 8.51. The third-order valence-electron chi connectivity index (χ3n) is 4.39. The van der Waals surface area contributed by atoms with Gasteiger partial charge in [0.2, 0.25) is 0 Å². The van der Waals surface area contributed by atoms with Crippen molar-refractivity contribution >= 4 is 50.7 Å². The molecule has 0 aliphatic carbocycles. The fourth-order valence-corrected chi connectivity index (χ4v) is 5.58. The predicted molar refractivity (Wildman–Crippen MR) is 118 cm³/mol. The summed E-state index contributed by atoms with van der Waals surface area (Å²) < 4.78 is 2.03. The van der Waals surface area contributed by atoms with Gasteiger partial charge >= 0.3 is 0 Å². The van der Waals surface area contributed by atoms with E-state index in [1.165, 1.54) is 17.4 Å². The number of thiophene rings is 2. The molecular weight excluding hydrogens is 426 g/mol. The number of para-hydroxylation sites is 1. The van der Waals surface area contributed by atoms with Crippen molar-refractivity contribution < 1.29 is 4.92 Å². The van der Waals surface area contributed by atoms with Crippen LogP contribution in [-0.2, 0) is 0 Å². The van der Waals surface area contributed by atoms with Crippen LogP contribution in [0, 0.1) is 10.1 Å². The number of imidazole rings is 1. The minimum atomic E-state index is -0.443. The van der Waals surface area contributed by atoms with Gasteiger partial charge in [0.05, 0.1) is 30.5 Å². The van der Waals surface area contributed by atoms with Crippen molar-refractivity contribution in [3.05, 3.63) is 89.9 Å². The van der Waals surface area contributed by atoms with E-state index in [2.05, 4.69) is 0 Å². The minimum Gasteiger partial charge on any atom is -0.267 e. The summed E-state index contributed by atoms with van der Waals surface area (Å²) in [5.41, 5.74) is 1.69. The fourth-order valence-electron chi connectivity index (χ4n) is 3.14. The smallest absolute Gasteiger partial charge is 0.267 e. The van der Waals surface area contributed by atoms with Gasteiger partial charge in [-0.15, -0.1) is 22.7 Å². The average Bonchev–Trinajstić information content (AvgIpc) is 3.48. The van der Waals surface area contributed by atoms with Gasteiger partial charge in [0.1, 0.15) is 5.69 Å². The summed E-state index contributed by atoms with van der Waals surface area (Å²) in [6.07, 6.45) is 1.57. The third kappa shape index (κ3) is 3.00. The van der Waals surface area contributed by atoms with Gasteiger partial charge in [-0.1, -0.05) is 35.6 Å². The maximum Gasteiger partial charge on any atom is 0.276 e. The normalized spacial score (nSPS) is 12.1. The van der Waals surface area contributed by atoms with Crippen LogP contribution in [0.15, 0.2) is 64.1 Å². The standard InChI is InChI=1S/C20H11N3O3S3/c24-19-16(11-12-5-1-2-6-13(12)23(25)26)29-20-21-17(14-7-3-9-27-14)18(22(19)20)15-8-4-10-28-15/h1-11H/b16-11-. The van der Waals surface area contributed by atoms with Crippen molar-refractivity contribution in [1.29, 1.82) is 0 Å². The molecule has 4 aromatic heterocycles. The van der Waals surface area contributed by atoms with Crippen LogP contribution in [0.5, 0.6) is 0 Å². The van der Waals surface area contributed by atoms with Gasteiger partial charge in [0.15, 0.2) is 4.96 Å². The Kier molecular flexibility index (Phi) is 4.35. The molecule has 29 heavy (non-hydrogen) atoms. The molecular formula is C20H11N3O3S3. The van der Waals surface area contributed by atoms with Crippen molar-refractivity contribution in [3.8, 4) is 21.1 Å². The van der Waals surface area contributed by atoms with Crippen LogP contribution in [-0.4, -0.2) is 14.3 Å². The maximum atomic E-state index is 13.3. The monoisotopic (exact) mass is 437 g/mol. The van der Waals surface area contributed by atoms with Gasteiger partial charge in [-0.2, -0.15) is 0 Å². The van der Waals surface area contributed by atoms with E-state index >= 15 is 0 Å². The van der Waals surface area contributed by atoms with Crippen molar-refractivity contribution in [2.24, 2.45) is 0 Å². The van der Waals surface area contributed by atoms with Gasteiger partial charge in [-0.3, -0.25) is 14.9 Å². The zero-order valence-electron chi connectivity index (χ0n) is 14.6. The minimum absolute atomic E-state index is 0.0318. The maximum absolute atomic E-state index is 13.3. The molecule has 0 aliphatic rings. The van der Waals surface area contributed by atoms with Crippen LogP contribution >= 0.6 is 34.0 Å². The van der Waals surface area contributed by atoms with Crippen molar-refractivity contribution in [1.82, 2.24) is 9.38 Å². The molecule has 6 nitrogen and oxygen atoms in total. The number of nitro benzene ring substituents is 1. The van der Waals surface area contributed by atoms with Gasteiger partial charge in [-0.05, 0) is 35.0 Å². The van der Waals surface area contributed by atoms with Crippen LogP contribution in [0.1, 0.15) is 5.56 Å². The molecule has 0 N–H and O–H groups in total. The summed E-state index contributed by atoms with van der Waals surface area (Å²) in [5, 5.41) is 15.2. The number of nitro groups is 1. The van der Waals surface area contributed by atoms with Gasteiger partial charge in [-0.25, -0.2) is 9.38 Å². The molecule has 0 unspecified atom stereocenters. The van der Waals surface area contributed by atoms with E-state index in [0.29, 0.717) is 15.1 Å². The number of nitrogens with zero attached hydrogens (tertiary/aromatic N) is 3. The molecule has 0 saturated carbocycles. The Morgan fingerprint density at radius 3 is 2.41 bits per heavy atom. The van der Waals surface area contributed by atoms with E-state index in [1.807, 2.05) is 35.0 Å². The van der Waals surface area contributed by atoms with Crippen molar-refractivity contribution in [2.75, 3.05) is 0 Å². The number of hydrogen-bond donors (Lipinski definition) is 0. The van der Waals surface area contributed by atoms with Gasteiger partial charge in [0.25, 0.3) is 11.2 Å². The highest BCUT2D eigenvalue weighted by atomic mass is 32.1. The highest BCUT2D eigenvalue weighted by Crippen LogP contribution is 2.36. The van der Waals surface area contributed by atoms with Crippen LogP contribution in [0.4, 0.5) is 5.69 Å².